The predicted octanol–water partition coefficient (Wildman–Crippen LogP) is 3.96. The summed E-state index contributed by atoms with van der Waals surface area (Å²) in [6.07, 6.45) is -0.506. The fourth-order valence-electron chi connectivity index (χ4n) is 2.13. The van der Waals surface area contributed by atoms with Gasteiger partial charge in [-0.25, -0.2) is 4.79 Å². The lowest BCUT2D eigenvalue weighted by Gasteiger charge is -2.40. The maximum absolute atomic E-state index is 12.3. The molecule has 0 aromatic heterocycles. The van der Waals surface area contributed by atoms with E-state index in [0.29, 0.717) is 0 Å². The van der Waals surface area contributed by atoms with Crippen molar-refractivity contribution < 1.29 is 18.9 Å². The van der Waals surface area contributed by atoms with Crippen LogP contribution in [0.1, 0.15) is 27.7 Å². The topological polar surface area (TPSA) is 90.7 Å². The van der Waals surface area contributed by atoms with Crippen molar-refractivity contribution in [3.05, 3.63) is 34.4 Å². The zero-order chi connectivity index (χ0) is 19.4. The standard InChI is InChI=1S/C17H28N2O5Si/c1-12(24-25(6,7)17(2,3)4)15(16(20)23-5)18-13-10-8-9-11-14(13)19(21)22/h8-12,15,18H,1-7H3/t12-,15+/m1/s1. The monoisotopic (exact) mass is 368 g/mol. The number of carbonyl (C=O) groups is 1. The molecule has 25 heavy (non-hydrogen) atoms. The summed E-state index contributed by atoms with van der Waals surface area (Å²) in [5.74, 6) is -0.524. The molecule has 0 fully saturated rings. The zero-order valence-corrected chi connectivity index (χ0v) is 17.0. The van der Waals surface area contributed by atoms with Gasteiger partial charge in [-0.1, -0.05) is 32.9 Å². The fourth-order valence-corrected chi connectivity index (χ4v) is 3.55. The van der Waals surface area contributed by atoms with Gasteiger partial charge in [0.1, 0.15) is 11.7 Å². The third-order valence-electron chi connectivity index (χ3n) is 4.62. The maximum atomic E-state index is 12.3. The molecule has 0 aliphatic rings. The van der Waals surface area contributed by atoms with Crippen LogP contribution in [-0.4, -0.2) is 38.5 Å². The first kappa shape index (κ1) is 21.1. The Morgan fingerprint density at radius 1 is 1.28 bits per heavy atom. The van der Waals surface area contributed by atoms with Crippen LogP contribution in [0.5, 0.6) is 0 Å². The second kappa shape index (κ2) is 7.96. The van der Waals surface area contributed by atoms with Crippen LogP contribution < -0.4 is 5.32 Å². The molecular weight excluding hydrogens is 340 g/mol. The van der Waals surface area contributed by atoms with Gasteiger partial charge in [0.25, 0.3) is 5.69 Å². The van der Waals surface area contributed by atoms with E-state index in [1.165, 1.54) is 13.2 Å². The Hall–Kier alpha value is -1.93. The number of benzene rings is 1. The minimum absolute atomic E-state index is 0.0271. The molecule has 8 heteroatoms. The average molecular weight is 369 g/mol. The number of nitrogens with zero attached hydrogens (tertiary/aromatic N) is 1. The molecule has 1 aromatic rings. The highest BCUT2D eigenvalue weighted by Gasteiger charge is 2.41. The van der Waals surface area contributed by atoms with Crippen molar-refractivity contribution in [1.82, 2.24) is 0 Å². The Morgan fingerprint density at radius 3 is 2.32 bits per heavy atom. The van der Waals surface area contributed by atoms with Crippen molar-refractivity contribution in [1.29, 1.82) is 0 Å². The first-order valence-electron chi connectivity index (χ1n) is 8.16. The minimum atomic E-state index is -2.12. The van der Waals surface area contributed by atoms with Crippen LogP contribution in [-0.2, 0) is 14.0 Å². The molecule has 0 spiro atoms. The number of hydrogen-bond acceptors (Lipinski definition) is 6. The quantitative estimate of drug-likeness (QED) is 0.339. The summed E-state index contributed by atoms with van der Waals surface area (Å²) in [4.78, 5) is 23.0. The molecule has 2 atom stereocenters. The molecular formula is C17H28N2O5Si. The summed E-state index contributed by atoms with van der Waals surface area (Å²) in [6, 6.07) is 5.35. The van der Waals surface area contributed by atoms with Crippen molar-refractivity contribution in [3.63, 3.8) is 0 Å². The number of para-hydroxylation sites is 2. The first-order chi connectivity index (χ1) is 11.4. The van der Waals surface area contributed by atoms with Gasteiger partial charge in [-0.3, -0.25) is 10.1 Å². The van der Waals surface area contributed by atoms with E-state index in [-0.39, 0.29) is 16.4 Å². The molecule has 0 amide bonds. The molecule has 1 N–H and O–H groups in total. The van der Waals surface area contributed by atoms with Gasteiger partial charge < -0.3 is 14.5 Å². The predicted molar refractivity (Wildman–Crippen MR) is 100 cm³/mol. The fraction of sp³-hybridized carbons (Fsp3) is 0.588. The van der Waals surface area contributed by atoms with E-state index in [1.54, 1.807) is 25.1 Å². The van der Waals surface area contributed by atoms with Crippen molar-refractivity contribution in [2.45, 2.75) is 58.0 Å². The summed E-state index contributed by atoms with van der Waals surface area (Å²) in [6.45, 7) is 12.3. The number of anilines is 1. The number of ether oxygens (including phenoxy) is 1. The second-order valence-corrected chi connectivity index (χ2v) is 12.3. The maximum Gasteiger partial charge on any atom is 0.330 e. The van der Waals surface area contributed by atoms with E-state index in [4.69, 9.17) is 9.16 Å². The number of rotatable bonds is 7. The van der Waals surface area contributed by atoms with Gasteiger partial charge in [0, 0.05) is 6.07 Å². The van der Waals surface area contributed by atoms with E-state index in [1.807, 2.05) is 0 Å². The lowest BCUT2D eigenvalue weighted by molar-refractivity contribution is -0.384. The van der Waals surface area contributed by atoms with Crippen LogP contribution in [0.15, 0.2) is 24.3 Å². The Bertz CT molecular complexity index is 628. The molecule has 1 rings (SSSR count). The third-order valence-corrected chi connectivity index (χ3v) is 9.20. The molecule has 1 aromatic carbocycles. The van der Waals surface area contributed by atoms with Gasteiger partial charge in [-0.15, -0.1) is 0 Å². The number of carbonyl (C=O) groups excluding carboxylic acids is 1. The molecule has 0 saturated carbocycles. The number of methoxy groups -OCH3 is 1. The number of esters is 1. The molecule has 7 nitrogen and oxygen atoms in total. The zero-order valence-electron chi connectivity index (χ0n) is 16.0. The molecule has 0 saturated heterocycles. The molecule has 140 valence electrons. The van der Waals surface area contributed by atoms with E-state index < -0.39 is 31.4 Å². The third kappa shape index (κ3) is 5.27. The lowest BCUT2D eigenvalue weighted by atomic mass is 10.1. The van der Waals surface area contributed by atoms with Gasteiger partial charge >= 0.3 is 5.97 Å². The van der Waals surface area contributed by atoms with Crippen LogP contribution in [0.25, 0.3) is 0 Å². The summed E-state index contributed by atoms with van der Waals surface area (Å²) < 4.78 is 11.1. The highest BCUT2D eigenvalue weighted by atomic mass is 28.4. The van der Waals surface area contributed by atoms with Crippen LogP contribution in [0.2, 0.25) is 18.1 Å². The largest absolute Gasteiger partial charge is 0.467 e. The second-order valence-electron chi connectivity index (χ2n) is 7.50. The summed E-state index contributed by atoms with van der Waals surface area (Å²) in [7, 11) is -0.836. The van der Waals surface area contributed by atoms with Gasteiger partial charge in [0.2, 0.25) is 0 Å². The SMILES string of the molecule is COC(=O)[C@@H](Nc1ccccc1[N+](=O)[O-])[C@@H](C)O[Si](C)(C)C(C)(C)C. The van der Waals surface area contributed by atoms with E-state index in [2.05, 4.69) is 39.2 Å². The van der Waals surface area contributed by atoms with Gasteiger partial charge in [-0.05, 0) is 31.1 Å². The van der Waals surface area contributed by atoms with Crippen molar-refractivity contribution in [2.24, 2.45) is 0 Å². The smallest absolute Gasteiger partial charge is 0.330 e. The number of nitro groups is 1. The molecule has 0 unspecified atom stereocenters. The highest BCUT2D eigenvalue weighted by molar-refractivity contribution is 6.74. The van der Waals surface area contributed by atoms with Crippen LogP contribution in [0.4, 0.5) is 11.4 Å². The molecule has 0 bridgehead atoms. The summed E-state index contributed by atoms with van der Waals surface area (Å²) in [5.41, 5.74) is 0.157. The first-order valence-corrected chi connectivity index (χ1v) is 11.1. The molecule has 0 heterocycles. The molecule has 0 radical (unpaired) electrons. The Balaban J connectivity index is 3.11. The van der Waals surface area contributed by atoms with Crippen molar-refractivity contribution >= 4 is 25.7 Å². The minimum Gasteiger partial charge on any atom is -0.467 e. The number of nitrogens with one attached hydrogen (secondary N) is 1. The van der Waals surface area contributed by atoms with Crippen LogP contribution >= 0.6 is 0 Å². The van der Waals surface area contributed by atoms with E-state index >= 15 is 0 Å². The van der Waals surface area contributed by atoms with Crippen molar-refractivity contribution in [3.8, 4) is 0 Å². The number of nitro benzene ring substituents is 1. The normalized spacial score (nSPS) is 14.5. The van der Waals surface area contributed by atoms with E-state index in [9.17, 15) is 14.9 Å². The van der Waals surface area contributed by atoms with Gasteiger partial charge in [0.15, 0.2) is 8.32 Å². The Kier molecular flexibility index (Phi) is 6.73. The highest BCUT2D eigenvalue weighted by Crippen LogP contribution is 2.38. The van der Waals surface area contributed by atoms with Crippen LogP contribution in [0, 0.1) is 10.1 Å². The Morgan fingerprint density at radius 2 is 1.84 bits per heavy atom. The average Bonchev–Trinajstić information content (AvgIpc) is 2.50. The summed E-state index contributed by atoms with van der Waals surface area (Å²) in [5, 5.41) is 14.1. The molecule has 0 aliphatic heterocycles. The molecule has 0 aliphatic carbocycles. The van der Waals surface area contributed by atoms with Gasteiger partial charge in [0.05, 0.1) is 18.1 Å². The number of hydrogen-bond donors (Lipinski definition) is 1. The van der Waals surface area contributed by atoms with Crippen molar-refractivity contribution in [2.75, 3.05) is 12.4 Å². The summed E-state index contributed by atoms with van der Waals surface area (Å²) >= 11 is 0. The van der Waals surface area contributed by atoms with E-state index in [0.717, 1.165) is 0 Å². The van der Waals surface area contributed by atoms with Gasteiger partial charge in [-0.2, -0.15) is 0 Å². The van der Waals surface area contributed by atoms with Crippen LogP contribution in [0.3, 0.4) is 0 Å². The lowest BCUT2D eigenvalue weighted by Crippen LogP contribution is -2.50. The Labute approximate surface area is 150 Å².